The minimum Gasteiger partial charge on any atom is -0.473 e. The molecule has 80 valence electrons. The van der Waals surface area contributed by atoms with E-state index in [1.807, 2.05) is 0 Å². The van der Waals surface area contributed by atoms with E-state index in [9.17, 15) is 0 Å². The van der Waals surface area contributed by atoms with Crippen LogP contribution in [0.25, 0.3) is 0 Å². The highest BCUT2D eigenvalue weighted by atomic mass is 79.9. The summed E-state index contributed by atoms with van der Waals surface area (Å²) in [5.74, 6) is 0.425. The summed E-state index contributed by atoms with van der Waals surface area (Å²) >= 11 is 3.27. The Bertz CT molecular complexity index is 369. The van der Waals surface area contributed by atoms with Crippen molar-refractivity contribution < 1.29 is 4.74 Å². The Balaban J connectivity index is 2.90. The largest absolute Gasteiger partial charge is 0.473 e. The maximum absolute atomic E-state index is 8.91. The second-order valence-corrected chi connectivity index (χ2v) is 4.09. The second-order valence-electron chi connectivity index (χ2n) is 3.17. The van der Waals surface area contributed by atoms with Gasteiger partial charge < -0.3 is 4.74 Å². The summed E-state index contributed by atoms with van der Waals surface area (Å²) in [5.41, 5.74) is 0.469. The first kappa shape index (κ1) is 12.0. The number of hydrogen-bond donors (Lipinski definition) is 0. The molecule has 0 unspecified atom stereocenters. The van der Waals surface area contributed by atoms with Gasteiger partial charge in [-0.1, -0.05) is 13.8 Å². The molecule has 0 N–H and O–H groups in total. The zero-order valence-corrected chi connectivity index (χ0v) is 10.4. The lowest BCUT2D eigenvalue weighted by molar-refractivity contribution is 0.184. The number of nitriles is 1. The van der Waals surface area contributed by atoms with Crippen molar-refractivity contribution in [2.45, 2.75) is 32.8 Å². The van der Waals surface area contributed by atoms with Gasteiger partial charge in [0.25, 0.3) is 0 Å². The minimum absolute atomic E-state index is 0.130. The van der Waals surface area contributed by atoms with Crippen molar-refractivity contribution in [2.75, 3.05) is 0 Å². The van der Waals surface area contributed by atoms with Gasteiger partial charge in [-0.2, -0.15) is 5.26 Å². The molecule has 0 spiro atoms. The summed E-state index contributed by atoms with van der Waals surface area (Å²) in [6, 6.07) is 3.79. The Morgan fingerprint density at radius 2 is 2.20 bits per heavy atom. The summed E-state index contributed by atoms with van der Waals surface area (Å²) in [5, 5.41) is 8.91. The molecule has 1 heterocycles. The molecule has 0 bridgehead atoms. The predicted octanol–water partition coefficient (Wildman–Crippen LogP) is 3.28. The normalized spacial score (nSPS) is 10.1. The third-order valence-corrected chi connectivity index (χ3v) is 2.56. The highest BCUT2D eigenvalue weighted by Crippen LogP contribution is 2.21. The van der Waals surface area contributed by atoms with Gasteiger partial charge in [-0.3, -0.25) is 0 Å². The molecule has 15 heavy (non-hydrogen) atoms. The van der Waals surface area contributed by atoms with Crippen LogP contribution in [0.3, 0.4) is 0 Å². The average Bonchev–Trinajstić information content (AvgIpc) is 2.27. The molecule has 4 heteroatoms. The van der Waals surface area contributed by atoms with Crippen LogP contribution < -0.4 is 4.74 Å². The lowest BCUT2D eigenvalue weighted by Gasteiger charge is -2.15. The van der Waals surface area contributed by atoms with Gasteiger partial charge in [0.1, 0.15) is 11.6 Å². The van der Waals surface area contributed by atoms with E-state index in [0.29, 0.717) is 11.4 Å². The number of halogens is 1. The molecule has 0 amide bonds. The Kier molecular flexibility index (Phi) is 4.57. The molecule has 0 saturated carbocycles. The van der Waals surface area contributed by atoms with Crippen molar-refractivity contribution in [3.8, 4) is 11.9 Å². The number of nitrogens with zero attached hydrogens (tertiary/aromatic N) is 2. The first-order valence-corrected chi connectivity index (χ1v) is 5.72. The average molecular weight is 269 g/mol. The Morgan fingerprint density at radius 3 is 2.73 bits per heavy atom. The minimum atomic E-state index is 0.130. The summed E-state index contributed by atoms with van der Waals surface area (Å²) < 4.78 is 6.42. The first-order chi connectivity index (χ1) is 7.21. The monoisotopic (exact) mass is 268 g/mol. The maximum atomic E-state index is 8.91. The Labute approximate surface area is 98.2 Å². The van der Waals surface area contributed by atoms with E-state index < -0.39 is 0 Å². The number of aromatic nitrogens is 1. The summed E-state index contributed by atoms with van der Waals surface area (Å²) in [6.45, 7) is 4.11. The molecular formula is C11H13BrN2O. The van der Waals surface area contributed by atoms with Gasteiger partial charge in [0.05, 0.1) is 6.10 Å². The van der Waals surface area contributed by atoms with Crippen LogP contribution in [0.1, 0.15) is 32.3 Å². The topological polar surface area (TPSA) is 45.9 Å². The highest BCUT2D eigenvalue weighted by molar-refractivity contribution is 9.10. The zero-order chi connectivity index (χ0) is 11.3. The van der Waals surface area contributed by atoms with Crippen LogP contribution in [-0.2, 0) is 0 Å². The van der Waals surface area contributed by atoms with Gasteiger partial charge in [0, 0.05) is 10.7 Å². The Hall–Kier alpha value is -1.08. The Morgan fingerprint density at radius 1 is 1.53 bits per heavy atom. The molecule has 0 aliphatic heterocycles. The van der Waals surface area contributed by atoms with Crippen LogP contribution >= 0.6 is 15.9 Å². The van der Waals surface area contributed by atoms with Crippen LogP contribution in [0.5, 0.6) is 5.88 Å². The molecule has 0 aromatic carbocycles. The van der Waals surface area contributed by atoms with Crippen LogP contribution in [0.4, 0.5) is 0 Å². The van der Waals surface area contributed by atoms with Crippen LogP contribution in [-0.4, -0.2) is 11.1 Å². The number of rotatable bonds is 4. The first-order valence-electron chi connectivity index (χ1n) is 4.93. The van der Waals surface area contributed by atoms with E-state index in [-0.39, 0.29) is 6.10 Å². The highest BCUT2D eigenvalue weighted by Gasteiger charge is 2.10. The van der Waals surface area contributed by atoms with E-state index in [2.05, 4.69) is 40.8 Å². The standard InChI is InChI=1S/C11H13BrN2O/c1-3-10(4-2)15-11-8(6-13)5-9(12)7-14-11/h5,7,10H,3-4H2,1-2H3. The molecule has 1 aromatic heterocycles. The van der Waals surface area contributed by atoms with Gasteiger partial charge >= 0.3 is 0 Å². The fraction of sp³-hybridized carbons (Fsp3) is 0.455. The van der Waals surface area contributed by atoms with Crippen molar-refractivity contribution in [3.05, 3.63) is 22.3 Å². The number of hydrogen-bond acceptors (Lipinski definition) is 3. The van der Waals surface area contributed by atoms with Crippen LogP contribution in [0.2, 0.25) is 0 Å². The smallest absolute Gasteiger partial charge is 0.231 e. The fourth-order valence-electron chi connectivity index (χ4n) is 1.21. The van der Waals surface area contributed by atoms with Crippen molar-refractivity contribution in [2.24, 2.45) is 0 Å². The lowest BCUT2D eigenvalue weighted by atomic mass is 10.2. The third kappa shape index (κ3) is 3.21. The molecule has 0 saturated heterocycles. The summed E-state index contributed by atoms with van der Waals surface area (Å²) in [7, 11) is 0. The van der Waals surface area contributed by atoms with Gasteiger partial charge in [0.15, 0.2) is 0 Å². The van der Waals surface area contributed by atoms with Gasteiger partial charge in [-0.05, 0) is 34.8 Å². The molecule has 3 nitrogen and oxygen atoms in total. The fourth-order valence-corrected chi connectivity index (χ4v) is 1.55. The predicted molar refractivity (Wildman–Crippen MR) is 61.7 cm³/mol. The lowest BCUT2D eigenvalue weighted by Crippen LogP contribution is -2.15. The van der Waals surface area contributed by atoms with Gasteiger partial charge in [-0.15, -0.1) is 0 Å². The number of ether oxygens (including phenoxy) is 1. The molecule has 1 rings (SSSR count). The van der Waals surface area contributed by atoms with E-state index in [1.54, 1.807) is 12.3 Å². The molecule has 0 aliphatic carbocycles. The van der Waals surface area contributed by atoms with Crippen molar-refractivity contribution in [1.82, 2.24) is 4.98 Å². The summed E-state index contributed by atoms with van der Waals surface area (Å²) in [6.07, 6.45) is 3.60. The van der Waals surface area contributed by atoms with E-state index >= 15 is 0 Å². The van der Waals surface area contributed by atoms with Crippen LogP contribution in [0.15, 0.2) is 16.7 Å². The SMILES string of the molecule is CCC(CC)Oc1ncc(Br)cc1C#N. The van der Waals surface area contributed by atoms with E-state index in [0.717, 1.165) is 17.3 Å². The van der Waals surface area contributed by atoms with E-state index in [1.165, 1.54) is 0 Å². The maximum Gasteiger partial charge on any atom is 0.231 e. The number of pyridine rings is 1. The van der Waals surface area contributed by atoms with Gasteiger partial charge in [-0.25, -0.2) is 4.98 Å². The molecule has 0 radical (unpaired) electrons. The third-order valence-electron chi connectivity index (χ3n) is 2.13. The van der Waals surface area contributed by atoms with Crippen molar-refractivity contribution in [3.63, 3.8) is 0 Å². The summed E-state index contributed by atoms with van der Waals surface area (Å²) in [4.78, 5) is 4.09. The second kappa shape index (κ2) is 5.72. The molecule has 0 atom stereocenters. The quantitative estimate of drug-likeness (QED) is 0.842. The molecule has 0 fully saturated rings. The van der Waals surface area contributed by atoms with Crippen LogP contribution in [0, 0.1) is 11.3 Å². The molecular weight excluding hydrogens is 256 g/mol. The van der Waals surface area contributed by atoms with Crippen molar-refractivity contribution in [1.29, 1.82) is 5.26 Å². The van der Waals surface area contributed by atoms with Gasteiger partial charge in [0.2, 0.25) is 5.88 Å². The van der Waals surface area contributed by atoms with E-state index in [4.69, 9.17) is 10.00 Å². The zero-order valence-electron chi connectivity index (χ0n) is 8.83. The molecule has 1 aromatic rings. The van der Waals surface area contributed by atoms with Crippen molar-refractivity contribution >= 4 is 15.9 Å². The molecule has 0 aliphatic rings.